The molecule has 2 rings (SSSR count). The quantitative estimate of drug-likeness (QED) is 0.579. The number of esters is 1. The van der Waals surface area contributed by atoms with Crippen LogP contribution >= 0.6 is 0 Å². The molecule has 5 heteroatoms. The minimum absolute atomic E-state index is 0.122. The van der Waals surface area contributed by atoms with E-state index in [0.29, 0.717) is 18.1 Å². The van der Waals surface area contributed by atoms with E-state index in [9.17, 15) is 9.18 Å². The Bertz CT molecular complexity index is 668. The molecule has 0 spiro atoms. The van der Waals surface area contributed by atoms with E-state index in [2.05, 4.69) is 4.74 Å². The van der Waals surface area contributed by atoms with Gasteiger partial charge in [0, 0.05) is 24.3 Å². The monoisotopic (exact) mass is 316 g/mol. The SMILES string of the molecule is COC(=O)/C=C/COc1cc(F)cc(OCc2ccccc2)c1. The minimum atomic E-state index is -0.472. The predicted octanol–water partition coefficient (Wildman–Crippen LogP) is 3.51. The van der Waals surface area contributed by atoms with Crippen LogP contribution in [0.3, 0.4) is 0 Å². The molecule has 120 valence electrons. The minimum Gasteiger partial charge on any atom is -0.489 e. The van der Waals surface area contributed by atoms with Crippen molar-refractivity contribution < 1.29 is 23.4 Å². The Balaban J connectivity index is 1.93. The summed E-state index contributed by atoms with van der Waals surface area (Å²) in [4.78, 5) is 10.9. The third-order valence-electron chi connectivity index (χ3n) is 2.89. The van der Waals surface area contributed by atoms with E-state index < -0.39 is 11.8 Å². The fourth-order valence-electron chi connectivity index (χ4n) is 1.80. The van der Waals surface area contributed by atoms with Crippen molar-refractivity contribution in [2.75, 3.05) is 13.7 Å². The van der Waals surface area contributed by atoms with Crippen molar-refractivity contribution in [2.45, 2.75) is 6.61 Å². The highest BCUT2D eigenvalue weighted by Gasteiger charge is 2.03. The molecule has 0 aliphatic heterocycles. The Kier molecular flexibility index (Phi) is 6.17. The molecule has 0 aromatic heterocycles. The molecule has 0 radical (unpaired) electrons. The van der Waals surface area contributed by atoms with E-state index in [1.807, 2.05) is 30.3 Å². The van der Waals surface area contributed by atoms with Crippen molar-refractivity contribution in [3.8, 4) is 11.5 Å². The number of ether oxygens (including phenoxy) is 3. The summed E-state index contributed by atoms with van der Waals surface area (Å²) in [7, 11) is 1.29. The zero-order chi connectivity index (χ0) is 16.5. The molecule has 0 saturated heterocycles. The first-order valence-corrected chi connectivity index (χ1v) is 7.02. The molecule has 0 heterocycles. The standard InChI is InChI=1S/C18H17FO4/c1-21-18(20)8-5-9-22-16-10-15(19)11-17(12-16)23-13-14-6-3-2-4-7-14/h2-8,10-12H,9,13H2,1H3/b8-5+. The van der Waals surface area contributed by atoms with Gasteiger partial charge in [-0.15, -0.1) is 0 Å². The summed E-state index contributed by atoms with van der Waals surface area (Å²) in [6.07, 6.45) is 2.73. The maximum Gasteiger partial charge on any atom is 0.330 e. The van der Waals surface area contributed by atoms with E-state index in [0.717, 1.165) is 5.56 Å². The molecule has 0 unspecified atom stereocenters. The van der Waals surface area contributed by atoms with Crippen LogP contribution < -0.4 is 9.47 Å². The summed E-state index contributed by atoms with van der Waals surface area (Å²) in [6, 6.07) is 13.7. The Hall–Kier alpha value is -2.82. The Morgan fingerprint density at radius 3 is 2.48 bits per heavy atom. The van der Waals surface area contributed by atoms with E-state index in [4.69, 9.17) is 9.47 Å². The summed E-state index contributed by atoms with van der Waals surface area (Å²) < 4.78 is 29.0. The molecule has 2 aromatic rings. The van der Waals surface area contributed by atoms with E-state index in [1.54, 1.807) is 6.07 Å². The van der Waals surface area contributed by atoms with Crippen LogP contribution in [0.15, 0.2) is 60.7 Å². The van der Waals surface area contributed by atoms with Crippen LogP contribution in [0.2, 0.25) is 0 Å². The first kappa shape index (κ1) is 16.5. The lowest BCUT2D eigenvalue weighted by molar-refractivity contribution is -0.134. The Morgan fingerprint density at radius 1 is 1.09 bits per heavy atom. The topological polar surface area (TPSA) is 44.8 Å². The average Bonchev–Trinajstić information content (AvgIpc) is 2.57. The number of carbonyl (C=O) groups is 1. The van der Waals surface area contributed by atoms with Gasteiger partial charge in [-0.2, -0.15) is 0 Å². The summed E-state index contributed by atoms with van der Waals surface area (Å²) in [5.74, 6) is -0.231. The molecule has 4 nitrogen and oxygen atoms in total. The van der Waals surface area contributed by atoms with Crippen molar-refractivity contribution in [2.24, 2.45) is 0 Å². The lowest BCUT2D eigenvalue weighted by Crippen LogP contribution is -1.99. The summed E-state index contributed by atoms with van der Waals surface area (Å²) >= 11 is 0. The van der Waals surface area contributed by atoms with Crippen LogP contribution in [0.1, 0.15) is 5.56 Å². The Morgan fingerprint density at radius 2 is 1.78 bits per heavy atom. The molecule has 0 aliphatic rings. The highest BCUT2D eigenvalue weighted by molar-refractivity contribution is 5.81. The largest absolute Gasteiger partial charge is 0.489 e. The second kappa shape index (κ2) is 8.58. The number of benzene rings is 2. The number of rotatable bonds is 7. The van der Waals surface area contributed by atoms with Crippen molar-refractivity contribution in [1.29, 1.82) is 0 Å². The molecule has 0 amide bonds. The van der Waals surface area contributed by atoms with Gasteiger partial charge >= 0.3 is 5.97 Å². The van der Waals surface area contributed by atoms with Gasteiger partial charge < -0.3 is 14.2 Å². The fraction of sp³-hybridized carbons (Fsp3) is 0.167. The molecule has 0 aliphatic carbocycles. The molecule has 2 aromatic carbocycles. The normalized spacial score (nSPS) is 10.5. The molecule has 0 N–H and O–H groups in total. The number of methoxy groups -OCH3 is 1. The van der Waals surface area contributed by atoms with Crippen molar-refractivity contribution in [1.82, 2.24) is 0 Å². The van der Waals surface area contributed by atoms with Gasteiger partial charge in [0.15, 0.2) is 0 Å². The smallest absolute Gasteiger partial charge is 0.330 e. The van der Waals surface area contributed by atoms with Gasteiger partial charge in [0.1, 0.15) is 30.5 Å². The van der Waals surface area contributed by atoms with Gasteiger partial charge in [-0.05, 0) is 11.6 Å². The number of hydrogen-bond donors (Lipinski definition) is 0. The van der Waals surface area contributed by atoms with E-state index >= 15 is 0 Å². The van der Waals surface area contributed by atoms with Crippen LogP contribution in [0.25, 0.3) is 0 Å². The second-order valence-electron chi connectivity index (χ2n) is 4.63. The molecular formula is C18H17FO4. The third-order valence-corrected chi connectivity index (χ3v) is 2.89. The predicted molar refractivity (Wildman–Crippen MR) is 83.8 cm³/mol. The van der Waals surface area contributed by atoms with Crippen LogP contribution in [0.4, 0.5) is 4.39 Å². The first-order chi connectivity index (χ1) is 11.2. The van der Waals surface area contributed by atoms with Crippen molar-refractivity contribution in [3.63, 3.8) is 0 Å². The van der Waals surface area contributed by atoms with Gasteiger partial charge in [0.05, 0.1) is 7.11 Å². The van der Waals surface area contributed by atoms with Gasteiger partial charge in [0.2, 0.25) is 0 Å². The van der Waals surface area contributed by atoms with Gasteiger partial charge in [-0.1, -0.05) is 30.3 Å². The Labute approximate surface area is 134 Å². The van der Waals surface area contributed by atoms with Crippen LogP contribution in [-0.2, 0) is 16.1 Å². The molecule has 23 heavy (non-hydrogen) atoms. The maximum absolute atomic E-state index is 13.6. The van der Waals surface area contributed by atoms with Crippen LogP contribution in [0.5, 0.6) is 11.5 Å². The molecule has 0 bridgehead atoms. The third kappa shape index (κ3) is 5.82. The fourth-order valence-corrected chi connectivity index (χ4v) is 1.80. The van der Waals surface area contributed by atoms with Crippen molar-refractivity contribution >= 4 is 5.97 Å². The zero-order valence-corrected chi connectivity index (χ0v) is 12.7. The summed E-state index contributed by atoms with van der Waals surface area (Å²) in [5.41, 5.74) is 0.986. The average molecular weight is 316 g/mol. The maximum atomic E-state index is 13.6. The summed E-state index contributed by atoms with van der Waals surface area (Å²) in [5, 5.41) is 0. The second-order valence-corrected chi connectivity index (χ2v) is 4.63. The van der Waals surface area contributed by atoms with Gasteiger partial charge in [-0.25, -0.2) is 9.18 Å². The van der Waals surface area contributed by atoms with Crippen LogP contribution in [-0.4, -0.2) is 19.7 Å². The highest BCUT2D eigenvalue weighted by atomic mass is 19.1. The number of halogens is 1. The number of hydrogen-bond acceptors (Lipinski definition) is 4. The first-order valence-electron chi connectivity index (χ1n) is 7.02. The van der Waals surface area contributed by atoms with Gasteiger partial charge in [-0.3, -0.25) is 0 Å². The van der Waals surface area contributed by atoms with E-state index in [1.165, 1.54) is 31.4 Å². The van der Waals surface area contributed by atoms with Gasteiger partial charge in [0.25, 0.3) is 0 Å². The zero-order valence-electron chi connectivity index (χ0n) is 12.7. The molecule has 0 fully saturated rings. The summed E-state index contributed by atoms with van der Waals surface area (Å²) in [6.45, 7) is 0.461. The molecule has 0 atom stereocenters. The molecule has 0 saturated carbocycles. The van der Waals surface area contributed by atoms with Crippen LogP contribution in [0, 0.1) is 5.82 Å². The molecular weight excluding hydrogens is 299 g/mol. The van der Waals surface area contributed by atoms with Crippen molar-refractivity contribution in [3.05, 3.63) is 72.1 Å². The highest BCUT2D eigenvalue weighted by Crippen LogP contribution is 2.23. The van der Waals surface area contributed by atoms with E-state index in [-0.39, 0.29) is 6.61 Å². The lowest BCUT2D eigenvalue weighted by atomic mass is 10.2. The number of carbonyl (C=O) groups excluding carboxylic acids is 1. The lowest BCUT2D eigenvalue weighted by Gasteiger charge is -2.09.